The van der Waals surface area contributed by atoms with E-state index in [1.165, 1.54) is 4.90 Å². The van der Waals surface area contributed by atoms with Gasteiger partial charge in [0.05, 0.1) is 6.61 Å². The molecule has 3 nitrogen and oxygen atoms in total. The zero-order chi connectivity index (χ0) is 15.1. The molecule has 0 aliphatic rings. The van der Waals surface area contributed by atoms with E-state index in [9.17, 15) is 4.79 Å². The van der Waals surface area contributed by atoms with Gasteiger partial charge in [0.15, 0.2) is 0 Å². The number of ether oxygens (including phenoxy) is 1. The molecule has 0 saturated carbocycles. The van der Waals surface area contributed by atoms with Gasteiger partial charge in [-0.1, -0.05) is 42.1 Å². The Kier molecular flexibility index (Phi) is 8.02. The topological polar surface area (TPSA) is 52.3 Å². The third kappa shape index (κ3) is 5.72. The molecular formula is C17H20ClNO2S. The number of carbonyl (C=O) groups excluding carboxylic acids is 1. The summed E-state index contributed by atoms with van der Waals surface area (Å²) in [6.07, 6.45) is 0.495. The predicted octanol–water partition coefficient (Wildman–Crippen LogP) is 3.69. The molecule has 0 aliphatic carbocycles. The Hall–Kier alpha value is -1.49. The first-order chi connectivity index (χ1) is 10.2. The summed E-state index contributed by atoms with van der Waals surface area (Å²) in [5.41, 5.74) is 6.85. The molecule has 2 N–H and O–H groups in total. The molecule has 0 aromatic heterocycles. The molecule has 5 heteroatoms. The standard InChI is InChI=1S/C17H19NO2S.ClH/c1-2-20-17(19)16(18)12-13-8-10-15(11-9-13)21-14-6-4-3-5-7-14;/h3-11,16H,2,12,18H2,1H3;1H/t16-;/m0./s1. The van der Waals surface area contributed by atoms with Crippen molar-refractivity contribution < 1.29 is 9.53 Å². The quantitative estimate of drug-likeness (QED) is 0.817. The third-order valence-electron chi connectivity index (χ3n) is 2.95. The maximum Gasteiger partial charge on any atom is 0.323 e. The van der Waals surface area contributed by atoms with Crippen LogP contribution in [-0.4, -0.2) is 18.6 Å². The van der Waals surface area contributed by atoms with Crippen molar-refractivity contribution in [1.29, 1.82) is 0 Å². The van der Waals surface area contributed by atoms with Crippen LogP contribution in [0.2, 0.25) is 0 Å². The normalized spacial score (nSPS) is 11.4. The maximum atomic E-state index is 11.5. The first-order valence-corrected chi connectivity index (χ1v) is 7.74. The first kappa shape index (κ1) is 18.6. The van der Waals surface area contributed by atoms with Gasteiger partial charge in [-0.2, -0.15) is 0 Å². The zero-order valence-electron chi connectivity index (χ0n) is 12.4. The molecule has 0 heterocycles. The van der Waals surface area contributed by atoms with E-state index in [2.05, 4.69) is 12.1 Å². The third-order valence-corrected chi connectivity index (χ3v) is 3.96. The van der Waals surface area contributed by atoms with Crippen molar-refractivity contribution in [3.05, 3.63) is 60.2 Å². The van der Waals surface area contributed by atoms with E-state index in [1.807, 2.05) is 42.5 Å². The molecule has 118 valence electrons. The van der Waals surface area contributed by atoms with Gasteiger partial charge in [0.1, 0.15) is 6.04 Å². The molecule has 0 bridgehead atoms. The van der Waals surface area contributed by atoms with E-state index >= 15 is 0 Å². The summed E-state index contributed by atoms with van der Waals surface area (Å²) >= 11 is 1.71. The van der Waals surface area contributed by atoms with Crippen LogP contribution in [0.15, 0.2) is 64.4 Å². The van der Waals surface area contributed by atoms with Crippen LogP contribution >= 0.6 is 24.2 Å². The number of halogens is 1. The van der Waals surface area contributed by atoms with Crippen molar-refractivity contribution in [2.45, 2.75) is 29.2 Å². The second-order valence-corrected chi connectivity index (χ2v) is 5.77. The molecule has 0 amide bonds. The largest absolute Gasteiger partial charge is 0.465 e. The minimum absolute atomic E-state index is 0. The fourth-order valence-corrected chi connectivity index (χ4v) is 2.74. The Morgan fingerprint density at radius 3 is 2.27 bits per heavy atom. The van der Waals surface area contributed by atoms with Crippen molar-refractivity contribution >= 4 is 30.1 Å². The summed E-state index contributed by atoms with van der Waals surface area (Å²) in [5, 5.41) is 0. The minimum atomic E-state index is -0.599. The zero-order valence-corrected chi connectivity index (χ0v) is 14.0. The van der Waals surface area contributed by atoms with E-state index in [0.717, 1.165) is 10.5 Å². The Balaban J connectivity index is 0.00000242. The molecule has 0 fully saturated rings. The van der Waals surface area contributed by atoms with E-state index in [0.29, 0.717) is 13.0 Å². The lowest BCUT2D eigenvalue weighted by Gasteiger charge is -2.10. The summed E-state index contributed by atoms with van der Waals surface area (Å²) in [6.45, 7) is 2.14. The highest BCUT2D eigenvalue weighted by Gasteiger charge is 2.14. The Labute approximate surface area is 141 Å². The summed E-state index contributed by atoms with van der Waals surface area (Å²) in [5.74, 6) is -0.347. The van der Waals surface area contributed by atoms with Crippen molar-refractivity contribution in [3.63, 3.8) is 0 Å². The Bertz CT molecular complexity index is 575. The average Bonchev–Trinajstić information content (AvgIpc) is 2.50. The average molecular weight is 338 g/mol. The number of nitrogens with two attached hydrogens (primary N) is 1. The van der Waals surface area contributed by atoms with Crippen LogP contribution in [0.1, 0.15) is 12.5 Å². The second-order valence-electron chi connectivity index (χ2n) is 4.62. The van der Waals surface area contributed by atoms with Crippen molar-refractivity contribution in [2.75, 3.05) is 6.61 Å². The SMILES string of the molecule is CCOC(=O)[C@@H](N)Cc1ccc(Sc2ccccc2)cc1.Cl. The van der Waals surface area contributed by atoms with Gasteiger partial charge in [0, 0.05) is 9.79 Å². The molecule has 0 unspecified atom stereocenters. The molecule has 1 atom stereocenters. The second kappa shape index (κ2) is 9.51. The number of hydrogen-bond acceptors (Lipinski definition) is 4. The molecular weight excluding hydrogens is 318 g/mol. The predicted molar refractivity (Wildman–Crippen MR) is 92.6 cm³/mol. The van der Waals surface area contributed by atoms with Crippen LogP contribution in [0, 0.1) is 0 Å². The molecule has 22 heavy (non-hydrogen) atoms. The highest BCUT2D eigenvalue weighted by Crippen LogP contribution is 2.27. The number of rotatable bonds is 6. The van der Waals surface area contributed by atoms with Crippen LogP contribution in [0.5, 0.6) is 0 Å². The van der Waals surface area contributed by atoms with Gasteiger partial charge in [0.2, 0.25) is 0 Å². The van der Waals surface area contributed by atoms with Crippen molar-refractivity contribution in [3.8, 4) is 0 Å². The molecule has 2 aromatic rings. The fraction of sp³-hybridized carbons (Fsp3) is 0.235. The van der Waals surface area contributed by atoms with Crippen LogP contribution < -0.4 is 5.73 Å². The Morgan fingerprint density at radius 2 is 1.68 bits per heavy atom. The molecule has 2 rings (SSSR count). The summed E-state index contributed by atoms with van der Waals surface area (Å²) in [6, 6.07) is 17.7. The van der Waals surface area contributed by atoms with Gasteiger partial charge in [0.25, 0.3) is 0 Å². The molecule has 0 saturated heterocycles. The highest BCUT2D eigenvalue weighted by atomic mass is 35.5. The van der Waals surface area contributed by atoms with Crippen LogP contribution in [0.3, 0.4) is 0 Å². The van der Waals surface area contributed by atoms with Crippen molar-refractivity contribution in [2.24, 2.45) is 5.73 Å². The fourth-order valence-electron chi connectivity index (χ4n) is 1.90. The lowest BCUT2D eigenvalue weighted by molar-refractivity contribution is -0.144. The van der Waals surface area contributed by atoms with Crippen molar-refractivity contribution in [1.82, 2.24) is 0 Å². The van der Waals surface area contributed by atoms with Gasteiger partial charge in [-0.3, -0.25) is 4.79 Å². The van der Waals surface area contributed by atoms with Gasteiger partial charge >= 0.3 is 5.97 Å². The van der Waals surface area contributed by atoms with Crippen LogP contribution in [0.4, 0.5) is 0 Å². The van der Waals surface area contributed by atoms with E-state index in [1.54, 1.807) is 18.7 Å². The molecule has 0 aliphatic heterocycles. The van der Waals surface area contributed by atoms with Gasteiger partial charge < -0.3 is 10.5 Å². The smallest absolute Gasteiger partial charge is 0.323 e. The molecule has 0 spiro atoms. The lowest BCUT2D eigenvalue weighted by atomic mass is 10.1. The number of esters is 1. The van der Waals surface area contributed by atoms with E-state index in [4.69, 9.17) is 10.5 Å². The van der Waals surface area contributed by atoms with Gasteiger partial charge in [-0.15, -0.1) is 12.4 Å². The lowest BCUT2D eigenvalue weighted by Crippen LogP contribution is -2.34. The number of hydrogen-bond donors (Lipinski definition) is 1. The minimum Gasteiger partial charge on any atom is -0.465 e. The number of carbonyl (C=O) groups is 1. The highest BCUT2D eigenvalue weighted by molar-refractivity contribution is 7.99. The summed E-state index contributed by atoms with van der Waals surface area (Å²) < 4.78 is 4.91. The monoisotopic (exact) mass is 337 g/mol. The molecule has 0 radical (unpaired) electrons. The summed E-state index contributed by atoms with van der Waals surface area (Å²) in [7, 11) is 0. The van der Waals surface area contributed by atoms with E-state index in [-0.39, 0.29) is 18.4 Å². The van der Waals surface area contributed by atoms with Gasteiger partial charge in [-0.05, 0) is 43.2 Å². The van der Waals surface area contributed by atoms with Crippen LogP contribution in [0.25, 0.3) is 0 Å². The number of benzene rings is 2. The Morgan fingerprint density at radius 1 is 1.09 bits per heavy atom. The summed E-state index contributed by atoms with van der Waals surface area (Å²) in [4.78, 5) is 13.9. The molecule has 2 aromatic carbocycles. The van der Waals surface area contributed by atoms with Gasteiger partial charge in [-0.25, -0.2) is 0 Å². The van der Waals surface area contributed by atoms with Crippen LogP contribution in [-0.2, 0) is 16.0 Å². The maximum absolute atomic E-state index is 11.5. The first-order valence-electron chi connectivity index (χ1n) is 6.93. The van der Waals surface area contributed by atoms with E-state index < -0.39 is 6.04 Å².